The van der Waals surface area contributed by atoms with Crippen LogP contribution in [0.1, 0.15) is 36.5 Å². The Morgan fingerprint density at radius 3 is 2.69 bits per heavy atom. The van der Waals surface area contributed by atoms with Crippen molar-refractivity contribution in [3.8, 4) is 11.5 Å². The molecule has 0 saturated carbocycles. The first-order valence-electron chi connectivity index (χ1n) is 8.29. The van der Waals surface area contributed by atoms with Crippen molar-refractivity contribution in [2.75, 3.05) is 13.7 Å². The fraction of sp³-hybridized carbons (Fsp3) is 0.300. The van der Waals surface area contributed by atoms with E-state index in [9.17, 15) is 4.79 Å². The van der Waals surface area contributed by atoms with Gasteiger partial charge in [0.1, 0.15) is 11.5 Å². The zero-order chi connectivity index (χ0) is 19.1. The molecule has 0 radical (unpaired) electrons. The van der Waals surface area contributed by atoms with Crippen molar-refractivity contribution in [3.05, 3.63) is 58.1 Å². The van der Waals surface area contributed by atoms with Gasteiger partial charge in [0.2, 0.25) is 0 Å². The highest BCUT2D eigenvalue weighted by atomic mass is 35.5. The minimum absolute atomic E-state index is 0.118. The molecule has 2 aromatic carbocycles. The van der Waals surface area contributed by atoms with Crippen LogP contribution in [0.4, 0.5) is 0 Å². The van der Waals surface area contributed by atoms with Crippen LogP contribution < -0.4 is 14.9 Å². The molecule has 0 aliphatic heterocycles. The highest BCUT2D eigenvalue weighted by Gasteiger charge is 2.10. The van der Waals surface area contributed by atoms with Crippen LogP contribution in [0.5, 0.6) is 11.5 Å². The molecule has 0 aromatic heterocycles. The van der Waals surface area contributed by atoms with Gasteiger partial charge in [0.25, 0.3) is 5.91 Å². The quantitative estimate of drug-likeness (QED) is 0.580. The predicted molar refractivity (Wildman–Crippen MR) is 105 cm³/mol. The SMILES string of the molecule is COc1ccc(Cl)cc1/C=N\NC(=O)COc1cc(C)ccc1C(C)C. The van der Waals surface area contributed by atoms with Crippen LogP contribution in [-0.2, 0) is 4.79 Å². The number of hydrogen-bond donors (Lipinski definition) is 1. The summed E-state index contributed by atoms with van der Waals surface area (Å²) in [6.45, 7) is 6.04. The number of rotatable bonds is 7. The molecule has 6 heteroatoms. The van der Waals surface area contributed by atoms with E-state index < -0.39 is 0 Å². The Kier molecular flexibility index (Phi) is 7.04. The Labute approximate surface area is 159 Å². The first kappa shape index (κ1) is 19.8. The van der Waals surface area contributed by atoms with Crippen molar-refractivity contribution in [1.82, 2.24) is 5.43 Å². The van der Waals surface area contributed by atoms with Crippen LogP contribution in [0.15, 0.2) is 41.5 Å². The molecule has 0 fully saturated rings. The van der Waals surface area contributed by atoms with Gasteiger partial charge in [0, 0.05) is 10.6 Å². The van der Waals surface area contributed by atoms with Crippen molar-refractivity contribution in [1.29, 1.82) is 0 Å². The largest absolute Gasteiger partial charge is 0.496 e. The molecule has 0 spiro atoms. The average Bonchev–Trinajstić information content (AvgIpc) is 2.60. The van der Waals surface area contributed by atoms with Gasteiger partial charge in [-0.25, -0.2) is 5.43 Å². The summed E-state index contributed by atoms with van der Waals surface area (Å²) in [5.74, 6) is 1.29. The van der Waals surface area contributed by atoms with Crippen molar-refractivity contribution in [2.45, 2.75) is 26.7 Å². The zero-order valence-corrected chi connectivity index (χ0v) is 16.1. The Morgan fingerprint density at radius 1 is 1.23 bits per heavy atom. The summed E-state index contributed by atoms with van der Waals surface area (Å²) in [7, 11) is 1.56. The molecule has 0 aliphatic carbocycles. The van der Waals surface area contributed by atoms with Gasteiger partial charge in [0.05, 0.1) is 13.3 Å². The summed E-state index contributed by atoms with van der Waals surface area (Å²) in [5, 5.41) is 4.49. The number of halogens is 1. The number of benzene rings is 2. The average molecular weight is 375 g/mol. The van der Waals surface area contributed by atoms with Gasteiger partial charge in [0.15, 0.2) is 6.61 Å². The van der Waals surface area contributed by atoms with Crippen LogP contribution in [0.2, 0.25) is 5.02 Å². The number of amides is 1. The molecule has 26 heavy (non-hydrogen) atoms. The minimum Gasteiger partial charge on any atom is -0.496 e. The van der Waals surface area contributed by atoms with Crippen LogP contribution in [0, 0.1) is 6.92 Å². The number of hydrazone groups is 1. The van der Waals surface area contributed by atoms with E-state index in [1.54, 1.807) is 25.3 Å². The molecule has 0 saturated heterocycles. The maximum Gasteiger partial charge on any atom is 0.277 e. The number of aryl methyl sites for hydroxylation is 1. The number of methoxy groups -OCH3 is 1. The number of nitrogens with zero attached hydrogens (tertiary/aromatic N) is 1. The third-order valence-corrected chi connectivity index (χ3v) is 3.97. The number of hydrogen-bond acceptors (Lipinski definition) is 4. The fourth-order valence-corrected chi connectivity index (χ4v) is 2.58. The van der Waals surface area contributed by atoms with Gasteiger partial charge in [-0.1, -0.05) is 37.6 Å². The van der Waals surface area contributed by atoms with Gasteiger partial charge in [-0.2, -0.15) is 5.10 Å². The topological polar surface area (TPSA) is 59.9 Å². The summed E-state index contributed by atoms with van der Waals surface area (Å²) in [6, 6.07) is 11.1. The van der Waals surface area contributed by atoms with Crippen LogP contribution >= 0.6 is 11.6 Å². The number of carbonyl (C=O) groups excluding carboxylic acids is 1. The summed E-state index contributed by atoms with van der Waals surface area (Å²) in [4.78, 5) is 12.0. The Bertz CT molecular complexity index is 804. The van der Waals surface area contributed by atoms with Crippen LogP contribution in [0.3, 0.4) is 0 Å². The second-order valence-corrected chi connectivity index (χ2v) is 6.60. The normalized spacial score (nSPS) is 11.0. The van der Waals surface area contributed by atoms with E-state index in [-0.39, 0.29) is 12.5 Å². The lowest BCUT2D eigenvalue weighted by Crippen LogP contribution is -2.25. The molecule has 0 heterocycles. The van der Waals surface area contributed by atoms with E-state index in [1.807, 2.05) is 25.1 Å². The molecule has 1 N–H and O–H groups in total. The fourth-order valence-electron chi connectivity index (χ4n) is 2.40. The maximum absolute atomic E-state index is 12.0. The molecular formula is C20H23ClN2O3. The summed E-state index contributed by atoms with van der Waals surface area (Å²) >= 11 is 5.96. The third kappa shape index (κ3) is 5.49. The highest BCUT2D eigenvalue weighted by Crippen LogP contribution is 2.27. The molecule has 2 aromatic rings. The van der Waals surface area contributed by atoms with Crippen molar-refractivity contribution in [3.63, 3.8) is 0 Å². The highest BCUT2D eigenvalue weighted by molar-refractivity contribution is 6.30. The maximum atomic E-state index is 12.0. The van der Waals surface area contributed by atoms with Crippen LogP contribution in [-0.4, -0.2) is 25.8 Å². The smallest absolute Gasteiger partial charge is 0.277 e. The van der Waals surface area contributed by atoms with Crippen molar-refractivity contribution < 1.29 is 14.3 Å². The van der Waals surface area contributed by atoms with Crippen LogP contribution in [0.25, 0.3) is 0 Å². The standard InChI is InChI=1S/C20H23ClN2O3/c1-13(2)17-7-5-14(3)9-19(17)26-12-20(24)23-22-11-15-10-16(21)6-8-18(15)25-4/h5-11,13H,12H2,1-4H3,(H,23,24)/b22-11-. The lowest BCUT2D eigenvalue weighted by Gasteiger charge is -2.14. The van der Waals surface area contributed by atoms with E-state index in [4.69, 9.17) is 21.1 Å². The van der Waals surface area contributed by atoms with Gasteiger partial charge in [-0.15, -0.1) is 0 Å². The second-order valence-electron chi connectivity index (χ2n) is 6.16. The van der Waals surface area contributed by atoms with E-state index in [0.717, 1.165) is 16.9 Å². The summed E-state index contributed by atoms with van der Waals surface area (Å²) in [6.07, 6.45) is 1.48. The molecule has 2 rings (SSSR count). The number of ether oxygens (including phenoxy) is 2. The van der Waals surface area contributed by atoms with Gasteiger partial charge < -0.3 is 9.47 Å². The Hall–Kier alpha value is -2.53. The van der Waals surface area contributed by atoms with Crippen molar-refractivity contribution in [2.24, 2.45) is 5.10 Å². The lowest BCUT2D eigenvalue weighted by molar-refractivity contribution is -0.123. The number of nitrogens with one attached hydrogen (secondary N) is 1. The molecule has 0 atom stereocenters. The summed E-state index contributed by atoms with van der Waals surface area (Å²) in [5.41, 5.74) is 5.26. The van der Waals surface area contributed by atoms with E-state index in [0.29, 0.717) is 22.3 Å². The van der Waals surface area contributed by atoms with Gasteiger partial charge in [-0.3, -0.25) is 4.79 Å². The Balaban J connectivity index is 1.96. The monoisotopic (exact) mass is 374 g/mol. The van der Waals surface area contributed by atoms with E-state index in [2.05, 4.69) is 24.4 Å². The Morgan fingerprint density at radius 2 is 2.00 bits per heavy atom. The first-order chi connectivity index (χ1) is 12.4. The van der Waals surface area contributed by atoms with Gasteiger partial charge in [-0.05, 0) is 48.2 Å². The van der Waals surface area contributed by atoms with E-state index in [1.165, 1.54) is 6.21 Å². The molecule has 0 aliphatic rings. The predicted octanol–water partition coefficient (Wildman–Crippen LogP) is 4.31. The zero-order valence-electron chi connectivity index (χ0n) is 15.4. The third-order valence-electron chi connectivity index (χ3n) is 3.73. The lowest BCUT2D eigenvalue weighted by atomic mass is 10.0. The molecule has 138 valence electrons. The summed E-state index contributed by atoms with van der Waals surface area (Å²) < 4.78 is 10.9. The van der Waals surface area contributed by atoms with E-state index >= 15 is 0 Å². The second kappa shape index (κ2) is 9.25. The molecule has 0 bridgehead atoms. The first-order valence-corrected chi connectivity index (χ1v) is 8.67. The molecule has 0 unspecified atom stereocenters. The van der Waals surface area contributed by atoms with Gasteiger partial charge >= 0.3 is 0 Å². The molecular weight excluding hydrogens is 352 g/mol. The minimum atomic E-state index is -0.349. The van der Waals surface area contributed by atoms with Crippen molar-refractivity contribution >= 4 is 23.7 Å². The molecule has 1 amide bonds. The molecule has 5 nitrogen and oxygen atoms in total. The number of carbonyl (C=O) groups is 1.